The molecule has 0 amide bonds. The molecule has 0 aliphatic carbocycles. The van der Waals surface area contributed by atoms with Crippen LogP contribution in [0.25, 0.3) is 0 Å². The molecule has 1 aliphatic heterocycles. The number of sulfonamides is 1. The summed E-state index contributed by atoms with van der Waals surface area (Å²) in [6.45, 7) is 4.52. The van der Waals surface area contributed by atoms with Crippen LogP contribution in [0.2, 0.25) is 0 Å². The lowest BCUT2D eigenvalue weighted by molar-refractivity contribution is 0.207. The molecule has 0 unspecified atom stereocenters. The lowest BCUT2D eigenvalue weighted by Gasteiger charge is -2.33. The van der Waals surface area contributed by atoms with Crippen molar-refractivity contribution in [2.45, 2.75) is 11.8 Å². The fourth-order valence-electron chi connectivity index (χ4n) is 2.31. The first-order chi connectivity index (χ1) is 9.46. The maximum Gasteiger partial charge on any atom is 0.243 e. The van der Waals surface area contributed by atoms with Crippen molar-refractivity contribution >= 4 is 15.7 Å². The van der Waals surface area contributed by atoms with Gasteiger partial charge in [0.2, 0.25) is 10.0 Å². The summed E-state index contributed by atoms with van der Waals surface area (Å²) in [5.74, 6) is 2.58. The Labute approximate surface area is 120 Å². The minimum absolute atomic E-state index is 0.294. The molecule has 1 heterocycles. The van der Waals surface area contributed by atoms with Gasteiger partial charge in [0, 0.05) is 31.9 Å². The van der Waals surface area contributed by atoms with E-state index in [9.17, 15) is 8.42 Å². The minimum Gasteiger partial charge on any atom is -0.398 e. The summed E-state index contributed by atoms with van der Waals surface area (Å²) in [6, 6.07) is 4.98. The highest BCUT2D eigenvalue weighted by Crippen LogP contribution is 2.24. The van der Waals surface area contributed by atoms with Gasteiger partial charge in [-0.1, -0.05) is 12.0 Å². The summed E-state index contributed by atoms with van der Waals surface area (Å²) < 4.78 is 26.8. The topological polar surface area (TPSA) is 66.6 Å². The van der Waals surface area contributed by atoms with Crippen molar-refractivity contribution in [2.75, 3.05) is 38.5 Å². The molecule has 0 radical (unpaired) electrons. The predicted octanol–water partition coefficient (Wildman–Crippen LogP) is 0.517. The third-order valence-corrected chi connectivity index (χ3v) is 5.63. The highest BCUT2D eigenvalue weighted by molar-refractivity contribution is 7.89. The van der Waals surface area contributed by atoms with E-state index in [1.54, 1.807) is 25.1 Å². The highest BCUT2D eigenvalue weighted by atomic mass is 32.2. The number of anilines is 1. The number of nitrogens with zero attached hydrogens (tertiary/aromatic N) is 2. The first kappa shape index (κ1) is 14.9. The summed E-state index contributed by atoms with van der Waals surface area (Å²) in [4.78, 5) is 2.36. The molecule has 1 aromatic rings. The van der Waals surface area contributed by atoms with Crippen molar-refractivity contribution in [3.63, 3.8) is 0 Å². The van der Waals surface area contributed by atoms with Gasteiger partial charge in [0.1, 0.15) is 0 Å². The van der Waals surface area contributed by atoms with Crippen LogP contribution in [0.15, 0.2) is 23.1 Å². The molecule has 1 saturated heterocycles. The summed E-state index contributed by atoms with van der Waals surface area (Å²) in [5, 5.41) is 0. The quantitative estimate of drug-likeness (QED) is 0.651. The van der Waals surface area contributed by atoms with E-state index in [0.717, 1.165) is 0 Å². The molecule has 1 aliphatic rings. The number of hydrogen-bond acceptors (Lipinski definition) is 4. The van der Waals surface area contributed by atoms with Crippen LogP contribution in [0, 0.1) is 19.3 Å². The Balaban J connectivity index is 2.20. The van der Waals surface area contributed by atoms with Crippen LogP contribution >= 0.6 is 0 Å². The van der Waals surface area contributed by atoms with E-state index in [1.165, 1.54) is 4.31 Å². The van der Waals surface area contributed by atoms with E-state index in [4.69, 9.17) is 12.2 Å². The van der Waals surface area contributed by atoms with Gasteiger partial charge in [-0.3, -0.25) is 4.90 Å². The van der Waals surface area contributed by atoms with Crippen molar-refractivity contribution in [3.8, 4) is 12.3 Å². The number of nitrogens with two attached hydrogens (primary N) is 1. The van der Waals surface area contributed by atoms with Crippen LogP contribution in [0.1, 0.15) is 5.56 Å². The van der Waals surface area contributed by atoms with E-state index >= 15 is 0 Å². The van der Waals surface area contributed by atoms with Gasteiger partial charge in [-0.05, 0) is 24.6 Å². The van der Waals surface area contributed by atoms with Gasteiger partial charge in [0.15, 0.2) is 0 Å². The third-order valence-electron chi connectivity index (χ3n) is 3.59. The summed E-state index contributed by atoms with van der Waals surface area (Å²) >= 11 is 0. The van der Waals surface area contributed by atoms with Crippen LogP contribution in [0.4, 0.5) is 5.69 Å². The fourth-order valence-corrected chi connectivity index (χ4v) is 3.98. The number of terminal acetylenes is 1. The van der Waals surface area contributed by atoms with E-state index < -0.39 is 10.0 Å². The molecule has 0 spiro atoms. The van der Waals surface area contributed by atoms with Crippen LogP contribution in [-0.2, 0) is 10.0 Å². The number of nitrogen functional groups attached to an aromatic ring is 1. The Morgan fingerprint density at radius 3 is 2.55 bits per heavy atom. The second-order valence-electron chi connectivity index (χ2n) is 4.85. The Bertz CT molecular complexity index is 626. The van der Waals surface area contributed by atoms with E-state index in [2.05, 4.69) is 10.8 Å². The number of rotatable bonds is 3. The highest BCUT2D eigenvalue weighted by Gasteiger charge is 2.29. The van der Waals surface area contributed by atoms with E-state index in [-0.39, 0.29) is 0 Å². The molecule has 0 aromatic heterocycles. The molecule has 2 N–H and O–H groups in total. The van der Waals surface area contributed by atoms with Gasteiger partial charge < -0.3 is 5.73 Å². The third kappa shape index (κ3) is 2.80. The van der Waals surface area contributed by atoms with Gasteiger partial charge in [-0.25, -0.2) is 8.42 Å². The molecule has 6 heteroatoms. The largest absolute Gasteiger partial charge is 0.398 e. The van der Waals surface area contributed by atoms with Crippen LogP contribution in [-0.4, -0.2) is 50.3 Å². The minimum atomic E-state index is -3.48. The zero-order valence-corrected chi connectivity index (χ0v) is 12.4. The predicted molar refractivity (Wildman–Crippen MR) is 79.6 cm³/mol. The summed E-state index contributed by atoms with van der Waals surface area (Å²) in [7, 11) is -3.48. The average Bonchev–Trinajstić information content (AvgIpc) is 2.42. The van der Waals surface area contributed by atoms with Crippen LogP contribution < -0.4 is 5.73 Å². The second-order valence-corrected chi connectivity index (χ2v) is 6.76. The molecule has 5 nitrogen and oxygen atoms in total. The van der Waals surface area contributed by atoms with Gasteiger partial charge in [0.05, 0.1) is 11.4 Å². The standard InChI is InChI=1S/C14H19N3O2S/c1-3-7-16-8-10-17(11-9-16)20(18,19)14-6-4-5-13(15)12(14)2/h1,4-6H,7-11,15H2,2H3. The average molecular weight is 293 g/mol. The van der Waals surface area contributed by atoms with Crippen LogP contribution in [0.3, 0.4) is 0 Å². The second kappa shape index (κ2) is 5.83. The molecular weight excluding hydrogens is 274 g/mol. The number of piperazine rings is 1. The van der Waals surface area contributed by atoms with Gasteiger partial charge >= 0.3 is 0 Å². The molecule has 0 atom stereocenters. The van der Waals surface area contributed by atoms with Crippen molar-refractivity contribution in [2.24, 2.45) is 0 Å². The smallest absolute Gasteiger partial charge is 0.243 e. The Hall–Kier alpha value is -1.55. The lowest BCUT2D eigenvalue weighted by atomic mass is 10.2. The number of hydrogen-bond donors (Lipinski definition) is 1. The van der Waals surface area contributed by atoms with Crippen LogP contribution in [0.5, 0.6) is 0 Å². The summed E-state index contributed by atoms with van der Waals surface area (Å²) in [5.41, 5.74) is 6.90. The first-order valence-electron chi connectivity index (χ1n) is 6.48. The monoisotopic (exact) mass is 293 g/mol. The number of benzene rings is 1. The SMILES string of the molecule is C#CCN1CCN(S(=O)(=O)c2cccc(N)c2C)CC1. The normalized spacial score (nSPS) is 17.8. The molecule has 2 rings (SSSR count). The van der Waals surface area contributed by atoms with Crippen molar-refractivity contribution < 1.29 is 8.42 Å². The van der Waals surface area contributed by atoms with E-state index in [1.807, 2.05) is 0 Å². The van der Waals surface area contributed by atoms with Gasteiger partial charge in [-0.15, -0.1) is 6.42 Å². The summed E-state index contributed by atoms with van der Waals surface area (Å²) in [6.07, 6.45) is 5.27. The van der Waals surface area contributed by atoms with E-state index in [0.29, 0.717) is 48.9 Å². The first-order valence-corrected chi connectivity index (χ1v) is 7.92. The molecule has 20 heavy (non-hydrogen) atoms. The maximum absolute atomic E-state index is 12.6. The lowest BCUT2D eigenvalue weighted by Crippen LogP contribution is -2.48. The molecule has 1 aromatic carbocycles. The van der Waals surface area contributed by atoms with Crippen molar-refractivity contribution in [1.29, 1.82) is 0 Å². The Kier molecular flexibility index (Phi) is 4.33. The molecular formula is C14H19N3O2S. The van der Waals surface area contributed by atoms with Crippen molar-refractivity contribution in [3.05, 3.63) is 23.8 Å². The molecule has 1 fully saturated rings. The maximum atomic E-state index is 12.6. The molecule has 0 bridgehead atoms. The van der Waals surface area contributed by atoms with Crippen molar-refractivity contribution in [1.82, 2.24) is 9.21 Å². The van der Waals surface area contributed by atoms with Gasteiger partial charge in [0.25, 0.3) is 0 Å². The zero-order valence-electron chi connectivity index (χ0n) is 11.5. The zero-order chi connectivity index (χ0) is 14.8. The fraction of sp³-hybridized carbons (Fsp3) is 0.429. The molecule has 0 saturated carbocycles. The Morgan fingerprint density at radius 1 is 1.30 bits per heavy atom. The Morgan fingerprint density at radius 2 is 1.95 bits per heavy atom. The molecule has 108 valence electrons. The van der Waals surface area contributed by atoms with Gasteiger partial charge in [-0.2, -0.15) is 4.31 Å².